The van der Waals surface area contributed by atoms with Crippen molar-refractivity contribution in [2.45, 2.75) is 58.5 Å². The highest BCUT2D eigenvalue weighted by Gasteiger charge is 2.30. The minimum Gasteiger partial charge on any atom is -0.465 e. The zero-order chi connectivity index (χ0) is 15.8. The van der Waals surface area contributed by atoms with Crippen LogP contribution in [0.4, 0.5) is 0 Å². The van der Waals surface area contributed by atoms with Gasteiger partial charge < -0.3 is 8.98 Å². The third-order valence-electron chi connectivity index (χ3n) is 5.25. The molecule has 2 aromatic rings. The predicted molar refractivity (Wildman–Crippen MR) is 90.4 cm³/mol. The third kappa shape index (κ3) is 3.37. The second kappa shape index (κ2) is 6.16. The number of hydrogen-bond donors (Lipinski definition) is 0. The summed E-state index contributed by atoms with van der Waals surface area (Å²) in [6, 6.07) is 4.18. The second-order valence-electron chi connectivity index (χ2n) is 7.40. The van der Waals surface area contributed by atoms with Crippen molar-refractivity contribution in [3.05, 3.63) is 41.4 Å². The molecule has 0 N–H and O–H groups in total. The van der Waals surface area contributed by atoms with Crippen LogP contribution in [-0.4, -0.2) is 27.5 Å². The van der Waals surface area contributed by atoms with Crippen LogP contribution in [0.15, 0.2) is 22.7 Å². The lowest BCUT2D eigenvalue weighted by Gasteiger charge is -2.32. The summed E-state index contributed by atoms with van der Waals surface area (Å²) in [6.45, 7) is 8.65. The maximum Gasteiger partial charge on any atom is 0.118 e. The van der Waals surface area contributed by atoms with Crippen LogP contribution < -0.4 is 0 Å². The lowest BCUT2D eigenvalue weighted by atomic mass is 9.97. The minimum absolute atomic E-state index is 0.727. The van der Waals surface area contributed by atoms with Crippen LogP contribution >= 0.6 is 0 Å². The zero-order valence-corrected chi connectivity index (χ0v) is 14.3. The Bertz CT molecular complexity index is 668. The highest BCUT2D eigenvalue weighted by atomic mass is 16.3. The van der Waals surface area contributed by atoms with Crippen molar-refractivity contribution in [1.29, 1.82) is 0 Å². The maximum absolute atomic E-state index is 5.75. The molecule has 4 heteroatoms. The van der Waals surface area contributed by atoms with E-state index < -0.39 is 0 Å². The highest BCUT2D eigenvalue weighted by molar-refractivity contribution is 5.13. The molecule has 124 valence electrons. The Balaban J connectivity index is 1.40. The average molecular weight is 313 g/mol. The van der Waals surface area contributed by atoms with Gasteiger partial charge in [0.25, 0.3) is 0 Å². The Morgan fingerprint density at radius 2 is 2.09 bits per heavy atom. The number of aromatic nitrogens is 2. The van der Waals surface area contributed by atoms with E-state index >= 15 is 0 Å². The lowest BCUT2D eigenvalue weighted by molar-refractivity contribution is 0.145. The number of furan rings is 1. The SMILES string of the molecule is Cc1ccc(CN2CCCC(Cn3c(C)cnc3C3CC3)C2)o1. The maximum atomic E-state index is 5.75. The molecule has 2 aliphatic rings. The molecule has 4 rings (SSSR count). The molecule has 1 atom stereocenters. The molecule has 4 nitrogen and oxygen atoms in total. The molecule has 23 heavy (non-hydrogen) atoms. The standard InChI is InChI=1S/C19H27N3O/c1-14-10-20-19(17-6-7-17)22(14)12-16-4-3-9-21(11-16)13-18-8-5-15(2)23-18/h5,8,10,16-17H,3-4,6-7,9,11-13H2,1-2H3. The number of piperidine rings is 1. The van der Waals surface area contributed by atoms with E-state index in [-0.39, 0.29) is 0 Å². The summed E-state index contributed by atoms with van der Waals surface area (Å²) >= 11 is 0. The van der Waals surface area contributed by atoms with Gasteiger partial charge in [0.1, 0.15) is 17.3 Å². The number of aryl methyl sites for hydroxylation is 2. The number of likely N-dealkylation sites (tertiary alicyclic amines) is 1. The molecule has 1 aliphatic heterocycles. The fourth-order valence-electron chi connectivity index (χ4n) is 3.88. The topological polar surface area (TPSA) is 34.2 Å². The average Bonchev–Trinajstić information content (AvgIpc) is 3.21. The molecule has 0 spiro atoms. The van der Waals surface area contributed by atoms with Crippen LogP contribution in [0.3, 0.4) is 0 Å². The summed E-state index contributed by atoms with van der Waals surface area (Å²) in [6.07, 6.45) is 7.32. The van der Waals surface area contributed by atoms with Crippen molar-refractivity contribution in [2.24, 2.45) is 5.92 Å². The van der Waals surface area contributed by atoms with Gasteiger partial charge in [-0.05, 0) is 64.1 Å². The molecule has 1 aliphatic carbocycles. The number of hydrogen-bond acceptors (Lipinski definition) is 3. The number of rotatable bonds is 5. The molecule has 0 radical (unpaired) electrons. The Morgan fingerprint density at radius 1 is 1.22 bits per heavy atom. The highest BCUT2D eigenvalue weighted by Crippen LogP contribution is 2.40. The van der Waals surface area contributed by atoms with Gasteiger partial charge in [-0.2, -0.15) is 0 Å². The molecule has 1 saturated carbocycles. The molecule has 3 heterocycles. The van der Waals surface area contributed by atoms with Gasteiger partial charge >= 0.3 is 0 Å². The molecular formula is C19H27N3O. The quantitative estimate of drug-likeness (QED) is 0.840. The van der Waals surface area contributed by atoms with Gasteiger partial charge in [-0.15, -0.1) is 0 Å². The van der Waals surface area contributed by atoms with Gasteiger partial charge in [0, 0.05) is 30.9 Å². The van der Waals surface area contributed by atoms with Gasteiger partial charge in [0.2, 0.25) is 0 Å². The van der Waals surface area contributed by atoms with Crippen molar-refractivity contribution < 1.29 is 4.42 Å². The third-order valence-corrected chi connectivity index (χ3v) is 5.25. The van der Waals surface area contributed by atoms with Gasteiger partial charge in [-0.1, -0.05) is 0 Å². The van der Waals surface area contributed by atoms with Crippen molar-refractivity contribution in [2.75, 3.05) is 13.1 Å². The minimum atomic E-state index is 0.727. The van der Waals surface area contributed by atoms with Crippen LogP contribution in [-0.2, 0) is 13.1 Å². The van der Waals surface area contributed by atoms with E-state index in [0.717, 1.165) is 36.4 Å². The van der Waals surface area contributed by atoms with E-state index in [9.17, 15) is 0 Å². The summed E-state index contributed by atoms with van der Waals surface area (Å²) in [7, 11) is 0. The van der Waals surface area contributed by atoms with E-state index in [2.05, 4.69) is 39.7 Å². The smallest absolute Gasteiger partial charge is 0.118 e. The van der Waals surface area contributed by atoms with E-state index in [1.165, 1.54) is 50.3 Å². The van der Waals surface area contributed by atoms with E-state index in [4.69, 9.17) is 4.42 Å². The molecule has 1 saturated heterocycles. The van der Waals surface area contributed by atoms with Gasteiger partial charge in [0.05, 0.1) is 6.54 Å². The van der Waals surface area contributed by atoms with Crippen LogP contribution in [0, 0.1) is 19.8 Å². The van der Waals surface area contributed by atoms with Crippen molar-refractivity contribution >= 4 is 0 Å². The fourth-order valence-corrected chi connectivity index (χ4v) is 3.88. The second-order valence-corrected chi connectivity index (χ2v) is 7.40. The molecule has 0 bridgehead atoms. The molecule has 0 aromatic carbocycles. The summed E-state index contributed by atoms with van der Waals surface area (Å²) in [5.41, 5.74) is 1.32. The first-order valence-corrected chi connectivity index (χ1v) is 8.99. The van der Waals surface area contributed by atoms with Crippen LogP contribution in [0.5, 0.6) is 0 Å². The first kappa shape index (κ1) is 15.0. The van der Waals surface area contributed by atoms with Gasteiger partial charge in [-0.3, -0.25) is 4.90 Å². The van der Waals surface area contributed by atoms with E-state index in [1.807, 2.05) is 6.92 Å². The normalized spacial score (nSPS) is 22.6. The summed E-state index contributed by atoms with van der Waals surface area (Å²) in [5.74, 6) is 4.90. The van der Waals surface area contributed by atoms with Gasteiger partial charge in [0.15, 0.2) is 0 Å². The van der Waals surface area contributed by atoms with Crippen molar-refractivity contribution in [3.63, 3.8) is 0 Å². The first-order chi connectivity index (χ1) is 11.2. The molecule has 2 fully saturated rings. The Kier molecular flexibility index (Phi) is 4.02. The molecule has 1 unspecified atom stereocenters. The van der Waals surface area contributed by atoms with Crippen LogP contribution in [0.25, 0.3) is 0 Å². The first-order valence-electron chi connectivity index (χ1n) is 8.99. The molecular weight excluding hydrogens is 286 g/mol. The Labute approximate surface area is 138 Å². The Morgan fingerprint density at radius 3 is 2.83 bits per heavy atom. The Hall–Kier alpha value is -1.55. The summed E-state index contributed by atoms with van der Waals surface area (Å²) in [5, 5.41) is 0. The van der Waals surface area contributed by atoms with E-state index in [0.29, 0.717) is 0 Å². The number of imidazole rings is 1. The molecule has 0 amide bonds. The summed E-state index contributed by atoms with van der Waals surface area (Å²) in [4.78, 5) is 7.22. The number of nitrogens with zero attached hydrogens (tertiary/aromatic N) is 3. The van der Waals surface area contributed by atoms with E-state index in [1.54, 1.807) is 0 Å². The largest absolute Gasteiger partial charge is 0.465 e. The van der Waals surface area contributed by atoms with Crippen LogP contribution in [0.2, 0.25) is 0 Å². The molecule has 2 aromatic heterocycles. The summed E-state index contributed by atoms with van der Waals surface area (Å²) < 4.78 is 8.24. The zero-order valence-electron chi connectivity index (χ0n) is 14.3. The van der Waals surface area contributed by atoms with Crippen LogP contribution in [0.1, 0.15) is 54.6 Å². The van der Waals surface area contributed by atoms with Gasteiger partial charge in [-0.25, -0.2) is 4.98 Å². The predicted octanol–water partition coefficient (Wildman–Crippen LogP) is 3.88. The lowest BCUT2D eigenvalue weighted by Crippen LogP contribution is -2.36. The monoisotopic (exact) mass is 313 g/mol. The fraction of sp³-hybridized carbons (Fsp3) is 0.632. The van der Waals surface area contributed by atoms with Crippen molar-refractivity contribution in [1.82, 2.24) is 14.5 Å². The van der Waals surface area contributed by atoms with Crippen molar-refractivity contribution in [3.8, 4) is 0 Å².